The van der Waals surface area contributed by atoms with E-state index in [0.29, 0.717) is 22.8 Å². The van der Waals surface area contributed by atoms with E-state index in [4.69, 9.17) is 10.2 Å². The molecule has 0 aliphatic rings. The number of amides is 1. The van der Waals surface area contributed by atoms with E-state index in [2.05, 4.69) is 28.0 Å². The lowest BCUT2D eigenvalue weighted by atomic mass is 9.96. The Labute approximate surface area is 180 Å². The van der Waals surface area contributed by atoms with Gasteiger partial charge in [-0.1, -0.05) is 36.1 Å². The van der Waals surface area contributed by atoms with Gasteiger partial charge in [0.25, 0.3) is 11.8 Å². The minimum absolute atomic E-state index is 0.0685. The summed E-state index contributed by atoms with van der Waals surface area (Å²) >= 11 is 0. The molecule has 2 N–H and O–H groups in total. The van der Waals surface area contributed by atoms with Crippen LogP contribution in [-0.2, 0) is 6.32 Å². The van der Waals surface area contributed by atoms with Gasteiger partial charge in [-0.2, -0.15) is 0 Å². The molecular formula is C22H21BN6O2. The normalized spacial score (nSPS) is 10.8. The number of aromatic nitrogens is 4. The third-order valence-corrected chi connectivity index (χ3v) is 4.87. The van der Waals surface area contributed by atoms with Gasteiger partial charge in [-0.05, 0) is 24.3 Å². The highest BCUT2D eigenvalue weighted by Gasteiger charge is 2.17. The molecule has 0 saturated carbocycles. The largest absolute Gasteiger partial charge is 0.414 e. The topological polar surface area (TPSA) is 111 Å². The third-order valence-electron chi connectivity index (χ3n) is 4.87. The summed E-state index contributed by atoms with van der Waals surface area (Å²) in [4.78, 5) is 22.4. The van der Waals surface area contributed by atoms with Crippen LogP contribution in [0.25, 0.3) is 34.3 Å². The van der Waals surface area contributed by atoms with Crippen molar-refractivity contribution in [1.29, 1.82) is 0 Å². The fraction of sp³-hybridized carbons (Fsp3) is 0.136. The number of hydrogen-bond donors (Lipinski definition) is 1. The van der Waals surface area contributed by atoms with Gasteiger partial charge in [-0.25, -0.2) is 9.97 Å². The van der Waals surface area contributed by atoms with E-state index in [1.165, 1.54) is 10.5 Å². The van der Waals surface area contributed by atoms with E-state index in [1.807, 2.05) is 36.4 Å². The van der Waals surface area contributed by atoms with Crippen molar-refractivity contribution in [3.63, 3.8) is 0 Å². The number of anilines is 1. The quantitative estimate of drug-likeness (QED) is 0.501. The Kier molecular flexibility index (Phi) is 5.49. The van der Waals surface area contributed by atoms with Crippen molar-refractivity contribution >= 4 is 19.6 Å². The molecule has 2 heterocycles. The van der Waals surface area contributed by atoms with Gasteiger partial charge in [0.15, 0.2) is 11.5 Å². The first-order chi connectivity index (χ1) is 15.0. The first kappa shape index (κ1) is 20.3. The molecule has 0 radical (unpaired) electrons. The lowest BCUT2D eigenvalue weighted by molar-refractivity contribution is 0.0827. The predicted octanol–water partition coefficient (Wildman–Crippen LogP) is 2.28. The van der Waals surface area contributed by atoms with E-state index in [9.17, 15) is 4.79 Å². The van der Waals surface area contributed by atoms with Crippen LogP contribution in [0.15, 0.2) is 59.1 Å². The van der Waals surface area contributed by atoms with Gasteiger partial charge in [0.1, 0.15) is 7.85 Å². The molecular weight excluding hydrogens is 391 g/mol. The zero-order valence-electron chi connectivity index (χ0n) is 17.5. The van der Waals surface area contributed by atoms with Gasteiger partial charge in [0, 0.05) is 30.8 Å². The molecule has 9 heteroatoms. The number of rotatable bonds is 5. The lowest BCUT2D eigenvalue weighted by Gasteiger charge is -2.10. The van der Waals surface area contributed by atoms with Crippen molar-refractivity contribution in [3.8, 4) is 34.3 Å². The Morgan fingerprint density at radius 2 is 1.65 bits per heavy atom. The van der Waals surface area contributed by atoms with Gasteiger partial charge in [-0.3, -0.25) is 4.79 Å². The standard InChI is InChI=1S/C22H21BN6O2/c1-29(2)22(30)16-9-7-14(8-10-16)17-12-25-19(24)18(26-17)21-28-27-20(31-21)15-5-3-13(11-23)4-6-15/h3-10,12H,11,23H2,1-2H3,(H2,24,25). The average Bonchev–Trinajstić information content (AvgIpc) is 3.29. The number of hydrogen-bond acceptors (Lipinski definition) is 7. The summed E-state index contributed by atoms with van der Waals surface area (Å²) in [5.74, 6) is 0.706. The van der Waals surface area contributed by atoms with Crippen molar-refractivity contribution < 1.29 is 9.21 Å². The van der Waals surface area contributed by atoms with Crippen LogP contribution in [0.3, 0.4) is 0 Å². The Morgan fingerprint density at radius 1 is 1.00 bits per heavy atom. The molecule has 0 atom stereocenters. The molecule has 1 amide bonds. The van der Waals surface area contributed by atoms with Crippen molar-refractivity contribution in [2.45, 2.75) is 6.32 Å². The highest BCUT2D eigenvalue weighted by Crippen LogP contribution is 2.28. The number of nitrogen functional groups attached to an aromatic ring is 1. The lowest BCUT2D eigenvalue weighted by Crippen LogP contribution is -2.21. The van der Waals surface area contributed by atoms with Gasteiger partial charge >= 0.3 is 0 Å². The molecule has 31 heavy (non-hydrogen) atoms. The Balaban J connectivity index is 1.64. The summed E-state index contributed by atoms with van der Waals surface area (Å²) in [6.45, 7) is 0. The second-order valence-electron chi connectivity index (χ2n) is 7.23. The third kappa shape index (κ3) is 4.16. The molecule has 8 nitrogen and oxygen atoms in total. The molecule has 0 saturated heterocycles. The molecule has 2 aromatic heterocycles. The second kappa shape index (κ2) is 8.39. The first-order valence-electron chi connectivity index (χ1n) is 9.84. The Bertz CT molecular complexity index is 1220. The summed E-state index contributed by atoms with van der Waals surface area (Å²) in [6, 6.07) is 15.1. The summed E-state index contributed by atoms with van der Waals surface area (Å²) in [5.41, 5.74) is 10.4. The van der Waals surface area contributed by atoms with Gasteiger partial charge < -0.3 is 15.1 Å². The van der Waals surface area contributed by atoms with E-state index >= 15 is 0 Å². The first-order valence-corrected chi connectivity index (χ1v) is 9.84. The highest BCUT2D eigenvalue weighted by molar-refractivity contribution is 6.08. The number of benzene rings is 2. The molecule has 154 valence electrons. The highest BCUT2D eigenvalue weighted by atomic mass is 16.4. The molecule has 0 unspecified atom stereocenters. The number of nitrogens with zero attached hydrogens (tertiary/aromatic N) is 5. The summed E-state index contributed by atoms with van der Waals surface area (Å²) in [5, 5.41) is 8.24. The Morgan fingerprint density at radius 3 is 2.29 bits per heavy atom. The van der Waals surface area contributed by atoms with E-state index in [1.54, 1.807) is 32.4 Å². The van der Waals surface area contributed by atoms with Crippen molar-refractivity contribution in [3.05, 3.63) is 65.9 Å². The van der Waals surface area contributed by atoms with Crippen LogP contribution < -0.4 is 5.73 Å². The fourth-order valence-electron chi connectivity index (χ4n) is 3.06. The van der Waals surface area contributed by atoms with Crippen LogP contribution in [-0.4, -0.2) is 52.9 Å². The maximum atomic E-state index is 12.1. The molecule has 4 aromatic rings. The summed E-state index contributed by atoms with van der Waals surface area (Å²) in [6.07, 6.45) is 2.53. The molecule has 0 aliphatic heterocycles. The van der Waals surface area contributed by atoms with Crippen LogP contribution >= 0.6 is 0 Å². The number of carbonyl (C=O) groups is 1. The van der Waals surface area contributed by atoms with E-state index in [0.717, 1.165) is 17.4 Å². The van der Waals surface area contributed by atoms with Crippen LogP contribution in [0.1, 0.15) is 15.9 Å². The van der Waals surface area contributed by atoms with Crippen molar-refractivity contribution in [2.75, 3.05) is 19.8 Å². The van der Waals surface area contributed by atoms with Gasteiger partial charge in [0.05, 0.1) is 11.9 Å². The van der Waals surface area contributed by atoms with Crippen molar-refractivity contribution in [1.82, 2.24) is 25.1 Å². The molecule has 4 rings (SSSR count). The van der Waals surface area contributed by atoms with Crippen LogP contribution in [0.5, 0.6) is 0 Å². The van der Waals surface area contributed by atoms with Gasteiger partial charge in [-0.15, -0.1) is 10.2 Å². The SMILES string of the molecule is BCc1ccc(-c2nnc(-c3nc(-c4ccc(C(=O)N(C)C)cc4)cnc3N)o2)cc1. The van der Waals surface area contributed by atoms with Crippen LogP contribution in [0, 0.1) is 0 Å². The van der Waals surface area contributed by atoms with Crippen LogP contribution in [0.4, 0.5) is 5.82 Å². The van der Waals surface area contributed by atoms with Crippen molar-refractivity contribution in [2.24, 2.45) is 0 Å². The molecule has 0 bridgehead atoms. The predicted molar refractivity (Wildman–Crippen MR) is 121 cm³/mol. The smallest absolute Gasteiger partial charge is 0.270 e. The summed E-state index contributed by atoms with van der Waals surface area (Å²) < 4.78 is 5.82. The fourth-order valence-corrected chi connectivity index (χ4v) is 3.06. The van der Waals surface area contributed by atoms with Crippen LogP contribution in [0.2, 0.25) is 0 Å². The zero-order valence-corrected chi connectivity index (χ0v) is 17.5. The molecule has 2 aromatic carbocycles. The number of nitrogens with two attached hydrogens (primary N) is 1. The second-order valence-corrected chi connectivity index (χ2v) is 7.23. The van der Waals surface area contributed by atoms with E-state index < -0.39 is 0 Å². The maximum absolute atomic E-state index is 12.1. The maximum Gasteiger partial charge on any atom is 0.270 e. The summed E-state index contributed by atoms with van der Waals surface area (Å²) in [7, 11) is 5.53. The zero-order chi connectivity index (χ0) is 22.0. The molecule has 0 fully saturated rings. The molecule has 0 spiro atoms. The monoisotopic (exact) mass is 412 g/mol. The average molecular weight is 412 g/mol. The minimum atomic E-state index is -0.0685. The number of carbonyl (C=O) groups excluding carboxylic acids is 1. The Hall–Kier alpha value is -4.01. The minimum Gasteiger partial charge on any atom is -0.414 e. The van der Waals surface area contributed by atoms with E-state index in [-0.39, 0.29) is 17.6 Å². The molecule has 0 aliphatic carbocycles. The van der Waals surface area contributed by atoms with Gasteiger partial charge in [0.2, 0.25) is 5.89 Å².